The van der Waals surface area contributed by atoms with Gasteiger partial charge in [0, 0.05) is 5.39 Å². The number of aryl methyl sites for hydroxylation is 2. The van der Waals surface area contributed by atoms with Crippen molar-refractivity contribution in [3.8, 4) is 0 Å². The molecule has 0 amide bonds. The fourth-order valence-electron chi connectivity index (χ4n) is 2.37. The third-order valence-electron chi connectivity index (χ3n) is 3.50. The highest BCUT2D eigenvalue weighted by molar-refractivity contribution is 7.20. The molecule has 1 N–H and O–H groups in total. The Morgan fingerprint density at radius 2 is 2.05 bits per heavy atom. The molecule has 2 heterocycles. The molecule has 0 aliphatic rings. The number of hydrogen-bond acceptors (Lipinski definition) is 3. The fraction of sp³-hybridized carbons (Fsp3) is 0.250. The first-order chi connectivity index (χ1) is 10.1. The molecule has 0 saturated carbocycles. The smallest absolute Gasteiger partial charge is 0.345 e. The zero-order valence-electron chi connectivity index (χ0n) is 12.0. The van der Waals surface area contributed by atoms with Crippen molar-refractivity contribution in [2.24, 2.45) is 0 Å². The molecule has 21 heavy (non-hydrogen) atoms. The Morgan fingerprint density at radius 1 is 1.33 bits per heavy atom. The Kier molecular flexibility index (Phi) is 3.51. The highest BCUT2D eigenvalue weighted by atomic mass is 32.1. The van der Waals surface area contributed by atoms with Gasteiger partial charge >= 0.3 is 5.97 Å². The number of nitrogens with zero attached hydrogens (tertiary/aromatic N) is 2. The van der Waals surface area contributed by atoms with Crippen molar-refractivity contribution >= 4 is 27.5 Å². The Labute approximate surface area is 126 Å². The first-order valence-corrected chi connectivity index (χ1v) is 7.68. The molecule has 0 atom stereocenters. The van der Waals surface area contributed by atoms with Gasteiger partial charge in [0.1, 0.15) is 9.71 Å². The molecular formula is C16H16N2O2S. The van der Waals surface area contributed by atoms with E-state index in [1.807, 2.05) is 11.6 Å². The van der Waals surface area contributed by atoms with Crippen molar-refractivity contribution < 1.29 is 9.90 Å². The predicted molar refractivity (Wildman–Crippen MR) is 84.2 cm³/mol. The minimum Gasteiger partial charge on any atom is -0.477 e. The Balaban J connectivity index is 2.04. The average molecular weight is 300 g/mol. The van der Waals surface area contributed by atoms with Gasteiger partial charge in [0.2, 0.25) is 0 Å². The van der Waals surface area contributed by atoms with E-state index in [-0.39, 0.29) is 0 Å². The third kappa shape index (κ3) is 2.56. The van der Waals surface area contributed by atoms with Gasteiger partial charge < -0.3 is 5.11 Å². The van der Waals surface area contributed by atoms with Crippen LogP contribution in [-0.4, -0.2) is 20.9 Å². The van der Waals surface area contributed by atoms with Crippen molar-refractivity contribution in [1.82, 2.24) is 9.78 Å². The number of thiophene rings is 1. The van der Waals surface area contributed by atoms with E-state index in [1.54, 1.807) is 6.07 Å². The van der Waals surface area contributed by atoms with Gasteiger partial charge in [-0.05, 0) is 25.0 Å². The number of fused-ring (bicyclic) bond motifs is 1. The molecular weight excluding hydrogens is 284 g/mol. The summed E-state index contributed by atoms with van der Waals surface area (Å²) in [7, 11) is 0. The lowest BCUT2D eigenvalue weighted by molar-refractivity contribution is 0.0702. The van der Waals surface area contributed by atoms with Crippen LogP contribution < -0.4 is 0 Å². The van der Waals surface area contributed by atoms with E-state index in [0.717, 1.165) is 27.9 Å². The van der Waals surface area contributed by atoms with E-state index in [4.69, 9.17) is 5.11 Å². The highest BCUT2D eigenvalue weighted by Gasteiger charge is 2.16. The maximum absolute atomic E-state index is 11.2. The molecule has 4 nitrogen and oxygen atoms in total. The molecule has 0 aliphatic heterocycles. The molecule has 108 valence electrons. The van der Waals surface area contributed by atoms with Gasteiger partial charge in [0.05, 0.1) is 12.2 Å². The second kappa shape index (κ2) is 5.33. The fourth-order valence-corrected chi connectivity index (χ4v) is 3.33. The SMILES string of the molecule is CCc1nn(Cc2ccc(C)cc2)c2sc(C(=O)O)cc12. The van der Waals surface area contributed by atoms with Crippen molar-refractivity contribution in [1.29, 1.82) is 0 Å². The van der Waals surface area contributed by atoms with Gasteiger partial charge in [-0.25, -0.2) is 4.79 Å². The van der Waals surface area contributed by atoms with E-state index >= 15 is 0 Å². The zero-order chi connectivity index (χ0) is 15.0. The summed E-state index contributed by atoms with van der Waals surface area (Å²) in [5.74, 6) is -0.875. The van der Waals surface area contributed by atoms with Crippen molar-refractivity contribution in [2.75, 3.05) is 0 Å². The van der Waals surface area contributed by atoms with E-state index < -0.39 is 5.97 Å². The zero-order valence-corrected chi connectivity index (χ0v) is 12.8. The van der Waals surface area contributed by atoms with E-state index in [9.17, 15) is 4.79 Å². The van der Waals surface area contributed by atoms with Gasteiger partial charge in [0.15, 0.2) is 0 Å². The van der Waals surface area contributed by atoms with Gasteiger partial charge in [-0.2, -0.15) is 5.10 Å². The van der Waals surface area contributed by atoms with Gasteiger partial charge in [0.25, 0.3) is 0 Å². The summed E-state index contributed by atoms with van der Waals surface area (Å²) in [6.45, 7) is 4.76. The standard InChI is InChI=1S/C16H16N2O2S/c1-3-13-12-8-14(16(19)20)21-15(12)18(17-13)9-11-6-4-10(2)5-7-11/h4-8H,3,9H2,1-2H3,(H,19,20). The summed E-state index contributed by atoms with van der Waals surface area (Å²) in [5.41, 5.74) is 3.35. The quantitative estimate of drug-likeness (QED) is 0.799. The number of hydrogen-bond donors (Lipinski definition) is 1. The summed E-state index contributed by atoms with van der Waals surface area (Å²) in [6, 6.07) is 10.1. The minimum atomic E-state index is -0.875. The molecule has 5 heteroatoms. The topological polar surface area (TPSA) is 55.1 Å². The first kappa shape index (κ1) is 13.8. The van der Waals surface area contributed by atoms with Crippen molar-refractivity contribution in [2.45, 2.75) is 26.8 Å². The Bertz CT molecular complexity index is 800. The van der Waals surface area contributed by atoms with Crippen LogP contribution in [0.5, 0.6) is 0 Å². The first-order valence-electron chi connectivity index (χ1n) is 6.86. The van der Waals surface area contributed by atoms with E-state index in [2.05, 4.69) is 36.3 Å². The van der Waals surface area contributed by atoms with Gasteiger partial charge in [-0.3, -0.25) is 4.68 Å². The Morgan fingerprint density at radius 3 is 2.67 bits per heavy atom. The lowest BCUT2D eigenvalue weighted by atomic mass is 10.1. The van der Waals surface area contributed by atoms with Crippen molar-refractivity contribution in [3.05, 3.63) is 52.0 Å². The van der Waals surface area contributed by atoms with Gasteiger partial charge in [-0.15, -0.1) is 11.3 Å². The summed E-state index contributed by atoms with van der Waals surface area (Å²) in [4.78, 5) is 12.5. The molecule has 0 fully saturated rings. The second-order valence-corrected chi connectivity index (χ2v) is 6.11. The highest BCUT2D eigenvalue weighted by Crippen LogP contribution is 2.29. The third-order valence-corrected chi connectivity index (χ3v) is 4.63. The maximum Gasteiger partial charge on any atom is 0.345 e. The summed E-state index contributed by atoms with van der Waals surface area (Å²) in [6.07, 6.45) is 0.799. The monoisotopic (exact) mass is 300 g/mol. The lowest BCUT2D eigenvalue weighted by Gasteiger charge is -2.03. The average Bonchev–Trinajstić information content (AvgIpc) is 3.02. The maximum atomic E-state index is 11.2. The summed E-state index contributed by atoms with van der Waals surface area (Å²) in [5, 5.41) is 14.7. The number of benzene rings is 1. The van der Waals surface area contributed by atoms with Crippen LogP contribution in [0.25, 0.3) is 10.2 Å². The number of carboxylic acids is 1. The largest absolute Gasteiger partial charge is 0.477 e. The van der Waals surface area contributed by atoms with Crippen LogP contribution in [0.3, 0.4) is 0 Å². The van der Waals surface area contributed by atoms with Crippen LogP contribution in [0.15, 0.2) is 30.3 Å². The lowest BCUT2D eigenvalue weighted by Crippen LogP contribution is -2.02. The van der Waals surface area contributed by atoms with Crippen molar-refractivity contribution in [3.63, 3.8) is 0 Å². The predicted octanol–water partition coefficient (Wildman–Crippen LogP) is 3.72. The molecule has 3 aromatic rings. The normalized spacial score (nSPS) is 11.1. The van der Waals surface area contributed by atoms with Crippen LogP contribution in [-0.2, 0) is 13.0 Å². The van der Waals surface area contributed by atoms with Crippen LogP contribution >= 0.6 is 11.3 Å². The minimum absolute atomic E-state index is 0.370. The number of carboxylic acid groups (broad SMARTS) is 1. The molecule has 0 radical (unpaired) electrons. The second-order valence-electron chi connectivity index (χ2n) is 5.08. The van der Waals surface area contributed by atoms with E-state index in [1.165, 1.54) is 16.9 Å². The molecule has 0 spiro atoms. The molecule has 0 bridgehead atoms. The number of aromatic carboxylic acids is 1. The molecule has 1 aromatic carbocycles. The van der Waals surface area contributed by atoms with Gasteiger partial charge in [-0.1, -0.05) is 36.8 Å². The molecule has 2 aromatic heterocycles. The number of aromatic nitrogens is 2. The molecule has 3 rings (SSSR count). The summed E-state index contributed by atoms with van der Waals surface area (Å²) >= 11 is 1.29. The molecule has 0 aliphatic carbocycles. The summed E-state index contributed by atoms with van der Waals surface area (Å²) < 4.78 is 1.91. The van der Waals surface area contributed by atoms with E-state index in [0.29, 0.717) is 11.4 Å². The Hall–Kier alpha value is -2.14. The van der Waals surface area contributed by atoms with Crippen LogP contribution in [0.2, 0.25) is 0 Å². The van der Waals surface area contributed by atoms with Crippen LogP contribution in [0, 0.1) is 6.92 Å². The molecule has 0 unspecified atom stereocenters. The van der Waals surface area contributed by atoms with Crippen LogP contribution in [0.1, 0.15) is 33.4 Å². The number of carbonyl (C=O) groups is 1. The number of rotatable bonds is 4. The molecule has 0 saturated heterocycles. The van der Waals surface area contributed by atoms with Crippen LogP contribution in [0.4, 0.5) is 0 Å².